The van der Waals surface area contributed by atoms with Crippen molar-refractivity contribution in [3.8, 4) is 10.4 Å². The van der Waals surface area contributed by atoms with Gasteiger partial charge in [-0.3, -0.25) is 14.7 Å². The topological polar surface area (TPSA) is 78.4 Å². The molecule has 1 amide bonds. The van der Waals surface area contributed by atoms with Crippen molar-refractivity contribution in [3.05, 3.63) is 35.2 Å². The smallest absolute Gasteiger partial charge is 0.208 e. The SMILES string of the molecule is Cc1ncsc1-c1ccc([C@H](C)N2C[C@H](O)C[C@H]2NC=O)nc1. The van der Waals surface area contributed by atoms with Gasteiger partial charge in [-0.2, -0.15) is 0 Å². The molecule has 23 heavy (non-hydrogen) atoms. The maximum absolute atomic E-state index is 10.7. The average molecular weight is 332 g/mol. The highest BCUT2D eigenvalue weighted by Crippen LogP contribution is 2.30. The summed E-state index contributed by atoms with van der Waals surface area (Å²) in [5.74, 6) is 0. The van der Waals surface area contributed by atoms with Crippen LogP contribution in [0, 0.1) is 6.92 Å². The van der Waals surface area contributed by atoms with Gasteiger partial charge in [-0.25, -0.2) is 4.98 Å². The Morgan fingerprint density at radius 3 is 2.91 bits per heavy atom. The molecule has 1 aliphatic rings. The minimum atomic E-state index is -0.422. The molecule has 0 aliphatic carbocycles. The van der Waals surface area contributed by atoms with Gasteiger partial charge < -0.3 is 10.4 Å². The first-order valence-corrected chi connectivity index (χ1v) is 8.48. The number of carbonyl (C=O) groups is 1. The van der Waals surface area contributed by atoms with Crippen molar-refractivity contribution in [2.24, 2.45) is 0 Å². The summed E-state index contributed by atoms with van der Waals surface area (Å²) in [6, 6.07) is 4.07. The first-order chi connectivity index (χ1) is 11.1. The Balaban J connectivity index is 1.78. The standard InChI is InChI=1S/C16H20N4O2S/c1-10-16(23-9-19-10)12-3-4-14(17-6-12)11(2)20-7-13(22)5-15(20)18-8-21/h3-4,6,8-9,11,13,15,22H,5,7H2,1-2H3,(H,18,21)/t11-,13+,15-/m0/s1. The molecular formula is C16H20N4O2S. The lowest BCUT2D eigenvalue weighted by molar-refractivity contribution is -0.111. The largest absolute Gasteiger partial charge is 0.392 e. The molecule has 3 rings (SSSR count). The van der Waals surface area contributed by atoms with Crippen molar-refractivity contribution in [1.82, 2.24) is 20.2 Å². The van der Waals surface area contributed by atoms with Gasteiger partial charge in [0.15, 0.2) is 0 Å². The highest BCUT2D eigenvalue weighted by molar-refractivity contribution is 7.13. The van der Waals surface area contributed by atoms with Gasteiger partial charge in [-0.15, -0.1) is 11.3 Å². The highest BCUT2D eigenvalue weighted by atomic mass is 32.1. The highest BCUT2D eigenvalue weighted by Gasteiger charge is 2.34. The van der Waals surface area contributed by atoms with Crippen LogP contribution >= 0.6 is 11.3 Å². The van der Waals surface area contributed by atoms with Gasteiger partial charge in [-0.05, 0) is 19.9 Å². The van der Waals surface area contributed by atoms with Gasteiger partial charge in [0.1, 0.15) is 0 Å². The molecule has 6 nitrogen and oxygen atoms in total. The number of nitrogens with one attached hydrogen (secondary N) is 1. The van der Waals surface area contributed by atoms with Crippen molar-refractivity contribution >= 4 is 17.7 Å². The summed E-state index contributed by atoms with van der Waals surface area (Å²) in [7, 11) is 0. The zero-order chi connectivity index (χ0) is 16.4. The predicted octanol–water partition coefficient (Wildman–Crippen LogP) is 1.71. The van der Waals surface area contributed by atoms with Crippen molar-refractivity contribution in [2.45, 2.75) is 38.6 Å². The van der Waals surface area contributed by atoms with Crippen molar-refractivity contribution < 1.29 is 9.90 Å². The number of aryl methyl sites for hydroxylation is 1. The molecule has 2 aromatic heterocycles. The van der Waals surface area contributed by atoms with E-state index >= 15 is 0 Å². The number of aromatic nitrogens is 2. The molecule has 2 N–H and O–H groups in total. The van der Waals surface area contributed by atoms with Crippen LogP contribution in [0.1, 0.15) is 30.8 Å². The molecule has 0 saturated carbocycles. The van der Waals surface area contributed by atoms with Crippen molar-refractivity contribution in [1.29, 1.82) is 0 Å². The molecule has 3 heterocycles. The van der Waals surface area contributed by atoms with Crippen LogP contribution in [-0.4, -0.2) is 45.2 Å². The minimum Gasteiger partial charge on any atom is -0.392 e. The number of nitrogens with zero attached hydrogens (tertiary/aromatic N) is 3. The molecule has 122 valence electrons. The fourth-order valence-electron chi connectivity index (χ4n) is 3.04. The van der Waals surface area contributed by atoms with E-state index in [4.69, 9.17) is 0 Å². The number of β-amino-alcohol motifs (C(OH)–C–C–N with tert-alkyl or cyclic N) is 1. The molecule has 3 atom stereocenters. The Bertz CT molecular complexity index is 673. The first kappa shape index (κ1) is 16.0. The molecule has 7 heteroatoms. The Labute approximate surface area is 139 Å². The molecule has 1 fully saturated rings. The molecule has 0 aromatic carbocycles. The van der Waals surface area contributed by atoms with Crippen LogP contribution in [0.3, 0.4) is 0 Å². The van der Waals surface area contributed by atoms with Crippen LogP contribution in [0.15, 0.2) is 23.8 Å². The quantitative estimate of drug-likeness (QED) is 0.815. The number of likely N-dealkylation sites (tertiary alicyclic amines) is 1. The van der Waals surface area contributed by atoms with E-state index in [1.807, 2.05) is 37.7 Å². The van der Waals surface area contributed by atoms with Crippen molar-refractivity contribution in [3.63, 3.8) is 0 Å². The molecule has 0 unspecified atom stereocenters. The number of hydrogen-bond acceptors (Lipinski definition) is 6. The molecule has 2 aromatic rings. The zero-order valence-electron chi connectivity index (χ0n) is 13.1. The van der Waals surface area contributed by atoms with Gasteiger partial charge in [0.25, 0.3) is 0 Å². The summed E-state index contributed by atoms with van der Waals surface area (Å²) in [6.07, 6.45) is 2.52. The minimum absolute atomic E-state index is 0.0150. The van der Waals surface area contributed by atoms with Crippen LogP contribution in [0.2, 0.25) is 0 Å². The third-order valence-corrected chi connectivity index (χ3v) is 5.27. The molecule has 1 saturated heterocycles. The van der Waals surface area contributed by atoms with Crippen LogP contribution in [0.4, 0.5) is 0 Å². The molecule has 0 radical (unpaired) electrons. The van der Waals surface area contributed by atoms with Crippen molar-refractivity contribution in [2.75, 3.05) is 6.54 Å². The number of thiazole rings is 1. The third kappa shape index (κ3) is 3.26. The van der Waals surface area contributed by atoms with E-state index < -0.39 is 6.10 Å². The fourth-order valence-corrected chi connectivity index (χ4v) is 3.84. The Hall–Kier alpha value is -1.83. The van der Waals surface area contributed by atoms with Crippen LogP contribution in [0.5, 0.6) is 0 Å². The van der Waals surface area contributed by atoms with Crippen LogP contribution < -0.4 is 5.32 Å². The van der Waals surface area contributed by atoms with E-state index in [9.17, 15) is 9.90 Å². The zero-order valence-corrected chi connectivity index (χ0v) is 14.0. The third-order valence-electron chi connectivity index (χ3n) is 4.30. The monoisotopic (exact) mass is 332 g/mol. The second-order valence-electron chi connectivity index (χ2n) is 5.80. The second kappa shape index (κ2) is 6.74. The molecule has 0 spiro atoms. The number of rotatable bonds is 5. The lowest BCUT2D eigenvalue weighted by Gasteiger charge is -2.29. The second-order valence-corrected chi connectivity index (χ2v) is 6.66. The van der Waals surface area contributed by atoms with Crippen LogP contribution in [-0.2, 0) is 4.79 Å². The van der Waals surface area contributed by atoms with Gasteiger partial charge in [-0.1, -0.05) is 6.07 Å². The maximum atomic E-state index is 10.7. The first-order valence-electron chi connectivity index (χ1n) is 7.60. The number of aliphatic hydroxyl groups is 1. The summed E-state index contributed by atoms with van der Waals surface area (Å²) >= 11 is 1.61. The van der Waals surface area contributed by atoms with E-state index in [1.54, 1.807) is 11.3 Å². The number of amides is 1. The summed E-state index contributed by atoms with van der Waals surface area (Å²) < 4.78 is 0. The number of aliphatic hydroxyl groups excluding tert-OH is 1. The number of pyridine rings is 1. The van der Waals surface area contributed by atoms with E-state index in [1.165, 1.54) is 0 Å². The van der Waals surface area contributed by atoms with E-state index in [0.29, 0.717) is 19.4 Å². The summed E-state index contributed by atoms with van der Waals surface area (Å²) in [5.41, 5.74) is 4.82. The van der Waals surface area contributed by atoms with Gasteiger partial charge in [0, 0.05) is 24.7 Å². The molecule has 0 bridgehead atoms. The maximum Gasteiger partial charge on any atom is 0.208 e. The molecular weight excluding hydrogens is 312 g/mol. The lowest BCUT2D eigenvalue weighted by atomic mass is 10.1. The normalized spacial score (nSPS) is 22.9. The summed E-state index contributed by atoms with van der Waals surface area (Å²) in [6.45, 7) is 4.56. The van der Waals surface area contributed by atoms with Gasteiger partial charge in [0.2, 0.25) is 6.41 Å². The number of carbonyl (C=O) groups excluding carboxylic acids is 1. The van der Waals surface area contributed by atoms with Gasteiger partial charge >= 0.3 is 0 Å². The Morgan fingerprint density at radius 2 is 2.30 bits per heavy atom. The Morgan fingerprint density at radius 1 is 1.48 bits per heavy atom. The van der Waals surface area contributed by atoms with Gasteiger partial charge in [0.05, 0.1) is 40.1 Å². The number of hydrogen-bond donors (Lipinski definition) is 2. The summed E-state index contributed by atoms with van der Waals surface area (Å²) in [5, 5.41) is 12.6. The van der Waals surface area contributed by atoms with Crippen LogP contribution in [0.25, 0.3) is 10.4 Å². The van der Waals surface area contributed by atoms with E-state index in [-0.39, 0.29) is 12.2 Å². The Kier molecular flexibility index (Phi) is 4.70. The summed E-state index contributed by atoms with van der Waals surface area (Å²) in [4.78, 5) is 22.8. The van der Waals surface area contributed by atoms with E-state index in [2.05, 4.69) is 20.2 Å². The lowest BCUT2D eigenvalue weighted by Crippen LogP contribution is -2.42. The average Bonchev–Trinajstić information content (AvgIpc) is 3.13. The predicted molar refractivity (Wildman–Crippen MR) is 88.8 cm³/mol. The van der Waals surface area contributed by atoms with E-state index in [0.717, 1.165) is 21.8 Å². The molecule has 1 aliphatic heterocycles. The fraction of sp³-hybridized carbons (Fsp3) is 0.438.